The fourth-order valence-corrected chi connectivity index (χ4v) is 3.02. The van der Waals surface area contributed by atoms with Crippen molar-refractivity contribution in [2.24, 2.45) is 0 Å². The first-order chi connectivity index (χ1) is 7.60. The van der Waals surface area contributed by atoms with Gasteiger partial charge in [0.05, 0.1) is 0 Å². The Morgan fingerprint density at radius 3 is 2.65 bits per heavy atom. The van der Waals surface area contributed by atoms with E-state index in [4.69, 9.17) is 0 Å². The molecule has 0 aliphatic carbocycles. The summed E-state index contributed by atoms with van der Waals surface area (Å²) in [4.78, 5) is 7.58. The molecular weight excluding hydrogens is 264 g/mol. The highest BCUT2D eigenvalue weighted by Crippen LogP contribution is 2.12. The molecule has 1 aromatic rings. The molecular formula is C9H15ClN4O2S. The maximum Gasteiger partial charge on any atom is 0.278 e. The minimum atomic E-state index is -3.52. The van der Waals surface area contributed by atoms with Gasteiger partial charge in [0.25, 0.3) is 15.2 Å². The molecule has 0 amide bonds. The lowest BCUT2D eigenvalue weighted by Crippen LogP contribution is -2.51. The zero-order valence-electron chi connectivity index (χ0n) is 9.41. The Kier molecular flexibility index (Phi) is 4.81. The van der Waals surface area contributed by atoms with Gasteiger partial charge >= 0.3 is 0 Å². The summed E-state index contributed by atoms with van der Waals surface area (Å²) in [6.45, 7) is 3.53. The van der Waals surface area contributed by atoms with Gasteiger partial charge in [-0.25, -0.2) is 18.4 Å². The first-order valence-corrected chi connectivity index (χ1v) is 6.55. The summed E-state index contributed by atoms with van der Waals surface area (Å²) in [5.41, 5.74) is 0. The Morgan fingerprint density at radius 1 is 1.41 bits per heavy atom. The standard InChI is InChI=1S/C9H14N4O2S.ClH/c1-8-7-13(6-5-10-8)16(14,15)9-11-3-2-4-12-9;/h2-4,8,10H,5-7H2,1H3;1H. The Balaban J connectivity index is 0.00000144. The molecule has 1 aromatic heterocycles. The topological polar surface area (TPSA) is 75.2 Å². The Labute approximate surface area is 107 Å². The number of hydrogen-bond donors (Lipinski definition) is 1. The first kappa shape index (κ1) is 14.3. The number of nitrogens with one attached hydrogen (secondary N) is 1. The van der Waals surface area contributed by atoms with Crippen LogP contribution in [0.3, 0.4) is 0 Å². The molecule has 17 heavy (non-hydrogen) atoms. The van der Waals surface area contributed by atoms with E-state index in [9.17, 15) is 8.42 Å². The number of aromatic nitrogens is 2. The summed E-state index contributed by atoms with van der Waals surface area (Å²) in [6, 6.07) is 1.76. The normalized spacial score (nSPS) is 21.8. The number of nitrogens with zero attached hydrogens (tertiary/aromatic N) is 3. The van der Waals surface area contributed by atoms with Crippen molar-refractivity contribution in [3.8, 4) is 0 Å². The van der Waals surface area contributed by atoms with Crippen LogP contribution in [0.25, 0.3) is 0 Å². The largest absolute Gasteiger partial charge is 0.312 e. The van der Waals surface area contributed by atoms with Crippen molar-refractivity contribution in [3.63, 3.8) is 0 Å². The molecule has 8 heteroatoms. The Bertz CT molecular complexity index is 453. The molecule has 6 nitrogen and oxygen atoms in total. The van der Waals surface area contributed by atoms with Gasteiger partial charge in [0.15, 0.2) is 0 Å². The molecule has 1 saturated heterocycles. The van der Waals surface area contributed by atoms with Crippen LogP contribution in [0.15, 0.2) is 23.6 Å². The summed E-state index contributed by atoms with van der Waals surface area (Å²) in [7, 11) is -3.52. The van der Waals surface area contributed by atoms with Crippen molar-refractivity contribution in [1.29, 1.82) is 0 Å². The monoisotopic (exact) mass is 278 g/mol. The van der Waals surface area contributed by atoms with Crippen LogP contribution in [0, 0.1) is 0 Å². The number of rotatable bonds is 2. The summed E-state index contributed by atoms with van der Waals surface area (Å²) in [5, 5.41) is 3.07. The highest BCUT2D eigenvalue weighted by Gasteiger charge is 2.30. The lowest BCUT2D eigenvalue weighted by Gasteiger charge is -2.30. The average Bonchev–Trinajstić information content (AvgIpc) is 2.30. The molecule has 0 aromatic carbocycles. The van der Waals surface area contributed by atoms with E-state index in [1.807, 2.05) is 6.92 Å². The second kappa shape index (κ2) is 5.72. The zero-order chi connectivity index (χ0) is 11.6. The maximum absolute atomic E-state index is 12.1. The van der Waals surface area contributed by atoms with E-state index >= 15 is 0 Å². The van der Waals surface area contributed by atoms with Gasteiger partial charge in [-0.3, -0.25) is 0 Å². The predicted octanol–water partition coefficient (Wildman–Crippen LogP) is -0.119. The van der Waals surface area contributed by atoms with Crippen molar-refractivity contribution in [1.82, 2.24) is 19.6 Å². The summed E-state index contributed by atoms with van der Waals surface area (Å²) in [5.74, 6) is 0. The van der Waals surface area contributed by atoms with Crippen LogP contribution < -0.4 is 5.32 Å². The van der Waals surface area contributed by atoms with Crippen molar-refractivity contribution in [3.05, 3.63) is 18.5 Å². The lowest BCUT2D eigenvalue weighted by molar-refractivity contribution is 0.308. The van der Waals surface area contributed by atoms with Crippen molar-refractivity contribution >= 4 is 22.4 Å². The Morgan fingerprint density at radius 2 is 2.06 bits per heavy atom. The Hall–Kier alpha value is -0.760. The minimum Gasteiger partial charge on any atom is -0.312 e. The van der Waals surface area contributed by atoms with E-state index in [1.165, 1.54) is 16.7 Å². The summed E-state index contributed by atoms with van der Waals surface area (Å²) in [6.07, 6.45) is 2.87. The number of hydrogen-bond acceptors (Lipinski definition) is 5. The molecule has 96 valence electrons. The van der Waals surface area contributed by atoms with E-state index < -0.39 is 10.0 Å². The third kappa shape index (κ3) is 3.12. The molecule has 1 aliphatic rings. The molecule has 0 bridgehead atoms. The predicted molar refractivity (Wildman–Crippen MR) is 65.5 cm³/mol. The number of halogens is 1. The smallest absolute Gasteiger partial charge is 0.278 e. The van der Waals surface area contributed by atoms with Crippen molar-refractivity contribution < 1.29 is 8.42 Å². The van der Waals surface area contributed by atoms with Crippen LogP contribution in [0.5, 0.6) is 0 Å². The fraction of sp³-hybridized carbons (Fsp3) is 0.556. The minimum absolute atomic E-state index is 0. The van der Waals surface area contributed by atoms with Gasteiger partial charge in [0.1, 0.15) is 0 Å². The van der Waals surface area contributed by atoms with E-state index in [2.05, 4.69) is 15.3 Å². The second-order valence-electron chi connectivity index (χ2n) is 3.75. The molecule has 1 unspecified atom stereocenters. The molecule has 1 N–H and O–H groups in total. The van der Waals surface area contributed by atoms with E-state index in [0.29, 0.717) is 19.6 Å². The molecule has 0 spiro atoms. The van der Waals surface area contributed by atoms with Crippen LogP contribution in [-0.2, 0) is 10.0 Å². The quantitative estimate of drug-likeness (QED) is 0.764. The summed E-state index contributed by atoms with van der Waals surface area (Å²) < 4.78 is 25.6. The molecule has 1 aliphatic heterocycles. The SMILES string of the molecule is CC1CN(S(=O)(=O)c2ncccn2)CCN1.Cl. The third-order valence-electron chi connectivity index (χ3n) is 2.44. The van der Waals surface area contributed by atoms with Crippen LogP contribution in [0.1, 0.15) is 6.92 Å². The van der Waals surface area contributed by atoms with E-state index in [-0.39, 0.29) is 23.6 Å². The van der Waals surface area contributed by atoms with Gasteiger partial charge in [-0.15, -0.1) is 12.4 Å². The van der Waals surface area contributed by atoms with E-state index in [1.54, 1.807) is 6.07 Å². The third-order valence-corrected chi connectivity index (χ3v) is 4.13. The molecule has 0 saturated carbocycles. The molecule has 1 atom stereocenters. The lowest BCUT2D eigenvalue weighted by atomic mass is 10.3. The van der Waals surface area contributed by atoms with Crippen LogP contribution in [0.2, 0.25) is 0 Å². The molecule has 1 fully saturated rings. The maximum atomic E-state index is 12.1. The van der Waals surface area contributed by atoms with Crippen molar-refractivity contribution in [2.75, 3.05) is 19.6 Å². The zero-order valence-corrected chi connectivity index (χ0v) is 11.0. The van der Waals surface area contributed by atoms with Crippen LogP contribution in [-0.4, -0.2) is 48.4 Å². The van der Waals surface area contributed by atoms with Crippen molar-refractivity contribution in [2.45, 2.75) is 18.1 Å². The van der Waals surface area contributed by atoms with Crippen LogP contribution >= 0.6 is 12.4 Å². The highest BCUT2D eigenvalue weighted by molar-refractivity contribution is 7.88. The highest BCUT2D eigenvalue weighted by atomic mass is 35.5. The van der Waals surface area contributed by atoms with E-state index in [0.717, 1.165) is 0 Å². The molecule has 2 rings (SSSR count). The van der Waals surface area contributed by atoms with Gasteiger partial charge in [0, 0.05) is 38.1 Å². The molecule has 2 heterocycles. The second-order valence-corrected chi connectivity index (χ2v) is 5.58. The van der Waals surface area contributed by atoms with Gasteiger partial charge in [-0.05, 0) is 13.0 Å². The van der Waals surface area contributed by atoms with Crippen LogP contribution in [0.4, 0.5) is 0 Å². The summed E-state index contributed by atoms with van der Waals surface area (Å²) >= 11 is 0. The van der Waals surface area contributed by atoms with Gasteiger partial charge in [0.2, 0.25) is 0 Å². The average molecular weight is 279 g/mol. The molecule has 0 radical (unpaired) electrons. The van der Waals surface area contributed by atoms with Gasteiger partial charge < -0.3 is 5.32 Å². The fourth-order valence-electron chi connectivity index (χ4n) is 1.65. The first-order valence-electron chi connectivity index (χ1n) is 5.11. The van der Waals surface area contributed by atoms with Gasteiger partial charge in [-0.1, -0.05) is 0 Å². The van der Waals surface area contributed by atoms with Gasteiger partial charge in [-0.2, -0.15) is 4.31 Å². The number of piperazine rings is 1. The number of sulfonamides is 1.